The smallest absolute Gasteiger partial charge is 0.323 e. The molecule has 2 N–H and O–H groups in total. The van der Waals surface area contributed by atoms with Crippen molar-refractivity contribution in [2.24, 2.45) is 11.1 Å². The number of carbonyl (C=O) groups is 1. The van der Waals surface area contributed by atoms with Crippen molar-refractivity contribution in [3.8, 4) is 0 Å². The lowest BCUT2D eigenvalue weighted by Gasteiger charge is -2.24. The third kappa shape index (κ3) is 3.72. The molecule has 0 unspecified atom stereocenters. The van der Waals surface area contributed by atoms with Gasteiger partial charge in [-0.1, -0.05) is 27.7 Å². The minimum atomic E-state index is -0.524. The molecule has 0 aliphatic rings. The topological polar surface area (TPSA) is 52.3 Å². The van der Waals surface area contributed by atoms with Gasteiger partial charge < -0.3 is 10.5 Å². The molecule has 0 aliphatic heterocycles. The minimum Gasteiger partial charge on any atom is -0.465 e. The Hall–Kier alpha value is -0.570. The molecular formula is C9H19NO2. The molecule has 0 aromatic rings. The van der Waals surface area contributed by atoms with E-state index in [1.165, 1.54) is 0 Å². The fraction of sp³-hybridized carbons (Fsp3) is 0.889. The van der Waals surface area contributed by atoms with Crippen LogP contribution in [0.3, 0.4) is 0 Å². The van der Waals surface area contributed by atoms with Crippen molar-refractivity contribution in [2.75, 3.05) is 6.61 Å². The monoisotopic (exact) mass is 173 g/mol. The van der Waals surface area contributed by atoms with Crippen LogP contribution in [0.2, 0.25) is 0 Å². The summed E-state index contributed by atoms with van der Waals surface area (Å²) in [7, 11) is 0. The summed E-state index contributed by atoms with van der Waals surface area (Å²) in [4.78, 5) is 11.2. The summed E-state index contributed by atoms with van der Waals surface area (Å²) in [5.41, 5.74) is 5.44. The van der Waals surface area contributed by atoms with Gasteiger partial charge >= 0.3 is 5.97 Å². The van der Waals surface area contributed by atoms with Crippen molar-refractivity contribution in [2.45, 2.75) is 40.2 Å². The largest absolute Gasteiger partial charge is 0.465 e. The average molecular weight is 173 g/mol. The molecule has 3 heteroatoms. The highest BCUT2D eigenvalue weighted by Crippen LogP contribution is 2.18. The van der Waals surface area contributed by atoms with Crippen molar-refractivity contribution in [1.29, 1.82) is 0 Å². The van der Waals surface area contributed by atoms with E-state index in [2.05, 4.69) is 0 Å². The van der Waals surface area contributed by atoms with Crippen LogP contribution in [0.15, 0.2) is 0 Å². The van der Waals surface area contributed by atoms with E-state index in [4.69, 9.17) is 10.5 Å². The Bertz CT molecular complexity index is 149. The van der Waals surface area contributed by atoms with Gasteiger partial charge in [-0.3, -0.25) is 4.79 Å². The Balaban J connectivity index is 3.94. The van der Waals surface area contributed by atoms with Crippen LogP contribution in [-0.2, 0) is 9.53 Å². The molecule has 0 fully saturated rings. The van der Waals surface area contributed by atoms with Crippen molar-refractivity contribution in [1.82, 2.24) is 0 Å². The molecule has 3 nitrogen and oxygen atoms in total. The van der Waals surface area contributed by atoms with Crippen molar-refractivity contribution in [3.05, 3.63) is 0 Å². The van der Waals surface area contributed by atoms with Gasteiger partial charge in [-0.2, -0.15) is 0 Å². The molecule has 0 amide bonds. The zero-order valence-electron chi connectivity index (χ0n) is 8.39. The normalized spacial score (nSPS) is 14.1. The number of ether oxygens (including phenoxy) is 1. The molecule has 1 atom stereocenters. The highest BCUT2D eigenvalue weighted by Gasteiger charge is 2.28. The van der Waals surface area contributed by atoms with Gasteiger partial charge in [0.05, 0.1) is 6.61 Å². The summed E-state index contributed by atoms with van der Waals surface area (Å²) in [6, 6.07) is -0.524. The Kier molecular flexibility index (Phi) is 4.24. The van der Waals surface area contributed by atoms with Crippen molar-refractivity contribution in [3.63, 3.8) is 0 Å². The summed E-state index contributed by atoms with van der Waals surface area (Å²) in [5, 5.41) is 0. The van der Waals surface area contributed by atoms with Gasteiger partial charge in [0.25, 0.3) is 0 Å². The third-order valence-corrected chi connectivity index (χ3v) is 1.64. The molecule has 0 saturated carbocycles. The lowest BCUT2D eigenvalue weighted by atomic mass is 9.87. The van der Waals surface area contributed by atoms with Crippen molar-refractivity contribution >= 4 is 5.97 Å². The zero-order chi connectivity index (χ0) is 9.78. The SMILES string of the molecule is CCCOC(=O)[C@H](N)C(C)(C)C. The molecule has 0 rings (SSSR count). The van der Waals surface area contributed by atoms with E-state index in [-0.39, 0.29) is 11.4 Å². The molecule has 0 bridgehead atoms. The van der Waals surface area contributed by atoms with Crippen LogP contribution in [0, 0.1) is 5.41 Å². The quantitative estimate of drug-likeness (QED) is 0.655. The van der Waals surface area contributed by atoms with Gasteiger partial charge in [-0.15, -0.1) is 0 Å². The van der Waals surface area contributed by atoms with Gasteiger partial charge in [0.1, 0.15) is 6.04 Å². The van der Waals surface area contributed by atoms with Gasteiger partial charge in [-0.05, 0) is 11.8 Å². The fourth-order valence-corrected chi connectivity index (χ4v) is 0.646. The summed E-state index contributed by atoms with van der Waals surface area (Å²) in [6.45, 7) is 8.18. The maximum absolute atomic E-state index is 11.2. The first-order valence-corrected chi connectivity index (χ1v) is 4.31. The second-order valence-corrected chi connectivity index (χ2v) is 4.01. The van der Waals surface area contributed by atoms with Crippen LogP contribution in [0.4, 0.5) is 0 Å². The molecule has 72 valence electrons. The number of hydrogen-bond donors (Lipinski definition) is 1. The molecular weight excluding hydrogens is 154 g/mol. The molecule has 0 heterocycles. The number of hydrogen-bond acceptors (Lipinski definition) is 3. The van der Waals surface area contributed by atoms with E-state index in [0.717, 1.165) is 6.42 Å². The molecule has 12 heavy (non-hydrogen) atoms. The molecule has 0 aliphatic carbocycles. The van der Waals surface area contributed by atoms with E-state index in [9.17, 15) is 4.79 Å². The van der Waals surface area contributed by atoms with Gasteiger partial charge in [-0.25, -0.2) is 0 Å². The Morgan fingerprint density at radius 2 is 2.00 bits per heavy atom. The second kappa shape index (κ2) is 4.45. The van der Waals surface area contributed by atoms with Gasteiger partial charge in [0.15, 0.2) is 0 Å². The predicted octanol–water partition coefficient (Wildman–Crippen LogP) is 1.31. The maximum Gasteiger partial charge on any atom is 0.323 e. The standard InChI is InChI=1S/C9H19NO2/c1-5-6-12-8(11)7(10)9(2,3)4/h7H,5-6,10H2,1-4H3/t7-/m0/s1. The highest BCUT2D eigenvalue weighted by molar-refractivity contribution is 5.76. The minimum absolute atomic E-state index is 0.217. The third-order valence-electron chi connectivity index (χ3n) is 1.64. The predicted molar refractivity (Wildman–Crippen MR) is 48.7 cm³/mol. The summed E-state index contributed by atoms with van der Waals surface area (Å²) < 4.78 is 4.92. The van der Waals surface area contributed by atoms with Crippen LogP contribution in [0.1, 0.15) is 34.1 Å². The van der Waals surface area contributed by atoms with E-state index < -0.39 is 6.04 Å². The maximum atomic E-state index is 11.2. The number of carbonyl (C=O) groups excluding carboxylic acids is 1. The van der Waals surface area contributed by atoms with E-state index in [1.54, 1.807) is 0 Å². The van der Waals surface area contributed by atoms with Crippen molar-refractivity contribution < 1.29 is 9.53 Å². The van der Waals surface area contributed by atoms with E-state index in [0.29, 0.717) is 6.61 Å². The number of nitrogens with two attached hydrogens (primary N) is 1. The van der Waals surface area contributed by atoms with E-state index >= 15 is 0 Å². The Morgan fingerprint density at radius 3 is 2.33 bits per heavy atom. The first-order valence-electron chi connectivity index (χ1n) is 4.31. The Morgan fingerprint density at radius 1 is 1.50 bits per heavy atom. The lowest BCUT2D eigenvalue weighted by Crippen LogP contribution is -2.43. The molecule has 0 aromatic heterocycles. The lowest BCUT2D eigenvalue weighted by molar-refractivity contribution is -0.147. The van der Waals surface area contributed by atoms with Gasteiger partial charge in [0, 0.05) is 0 Å². The fourth-order valence-electron chi connectivity index (χ4n) is 0.646. The zero-order valence-corrected chi connectivity index (χ0v) is 8.39. The van der Waals surface area contributed by atoms with Crippen LogP contribution in [0.25, 0.3) is 0 Å². The summed E-state index contributed by atoms with van der Waals surface area (Å²) >= 11 is 0. The molecule has 0 spiro atoms. The van der Waals surface area contributed by atoms with Gasteiger partial charge in [0.2, 0.25) is 0 Å². The summed E-state index contributed by atoms with van der Waals surface area (Å²) in [6.07, 6.45) is 0.836. The molecule has 0 radical (unpaired) electrons. The summed E-state index contributed by atoms with van der Waals surface area (Å²) in [5.74, 6) is -0.302. The van der Waals surface area contributed by atoms with Crippen LogP contribution >= 0.6 is 0 Å². The van der Waals surface area contributed by atoms with Crippen LogP contribution in [0.5, 0.6) is 0 Å². The molecule has 0 aromatic carbocycles. The van der Waals surface area contributed by atoms with Crippen LogP contribution < -0.4 is 5.73 Å². The highest BCUT2D eigenvalue weighted by atomic mass is 16.5. The molecule has 0 saturated heterocycles. The first-order chi connectivity index (χ1) is 5.39. The van der Waals surface area contributed by atoms with Crippen LogP contribution in [-0.4, -0.2) is 18.6 Å². The first kappa shape index (κ1) is 11.4. The number of esters is 1. The number of rotatable bonds is 3. The Labute approximate surface area is 74.3 Å². The second-order valence-electron chi connectivity index (χ2n) is 4.01. The van der Waals surface area contributed by atoms with E-state index in [1.807, 2.05) is 27.7 Å². The average Bonchev–Trinajstić information content (AvgIpc) is 1.97.